The molecule has 7 heteroatoms. The summed E-state index contributed by atoms with van der Waals surface area (Å²) in [6.45, 7) is 1.60. The highest BCUT2D eigenvalue weighted by Gasteiger charge is 2.58. The lowest BCUT2D eigenvalue weighted by Crippen LogP contribution is -2.29. The maximum atomic E-state index is 12.2. The van der Waals surface area contributed by atoms with Crippen molar-refractivity contribution in [3.8, 4) is 0 Å². The predicted molar refractivity (Wildman–Crippen MR) is 64.9 cm³/mol. The van der Waals surface area contributed by atoms with Gasteiger partial charge in [0.2, 0.25) is 11.1 Å². The minimum absolute atomic E-state index is 0.381. The number of alkyl halides is 3. The van der Waals surface area contributed by atoms with Gasteiger partial charge in [0.05, 0.1) is 0 Å². The molecular weight excluding hydrogens is 279 g/mol. The molecule has 3 nitrogen and oxygen atoms in total. The molecule has 1 heterocycles. The fourth-order valence-electron chi connectivity index (χ4n) is 1.94. The zero-order valence-electron chi connectivity index (χ0n) is 10.1. The number of carbonyl (C=O) groups is 1. The van der Waals surface area contributed by atoms with Crippen LogP contribution in [0.3, 0.4) is 0 Å². The minimum atomic E-state index is -4.48. The average Bonchev–Trinajstić information content (AvgIpc) is 2.99. The van der Waals surface area contributed by atoms with Crippen LogP contribution in [0.1, 0.15) is 17.3 Å². The van der Waals surface area contributed by atoms with Crippen LogP contribution in [0.5, 0.6) is 0 Å². The second-order valence-electron chi connectivity index (χ2n) is 4.35. The zero-order chi connectivity index (χ0) is 14.2. The summed E-state index contributed by atoms with van der Waals surface area (Å²) in [7, 11) is 0. The summed E-state index contributed by atoms with van der Waals surface area (Å²) in [6, 6.07) is 7.82. The number of amides is 1. The predicted octanol–water partition coefficient (Wildman–Crippen LogP) is 2.17. The van der Waals surface area contributed by atoms with Crippen LogP contribution in [0, 0.1) is 0 Å². The summed E-state index contributed by atoms with van der Waals surface area (Å²) in [5.41, 5.74) is 0.390. The molecule has 1 aromatic carbocycles. The van der Waals surface area contributed by atoms with Crippen molar-refractivity contribution in [1.82, 2.24) is 4.90 Å². The first-order chi connectivity index (χ1) is 8.81. The van der Waals surface area contributed by atoms with E-state index in [4.69, 9.17) is 0 Å². The maximum Gasteiger partial charge on any atom is 0.433 e. The summed E-state index contributed by atoms with van der Waals surface area (Å²) < 4.78 is 48.1. The van der Waals surface area contributed by atoms with Crippen molar-refractivity contribution in [2.75, 3.05) is 5.75 Å². The molecule has 0 aromatic heterocycles. The fraction of sp³-hybridized carbons (Fsp3) is 0.417. The first-order valence-corrected chi connectivity index (χ1v) is 7.01. The van der Waals surface area contributed by atoms with E-state index in [1.807, 2.05) is 0 Å². The van der Waals surface area contributed by atoms with E-state index in [0.717, 1.165) is 0 Å². The van der Waals surface area contributed by atoms with Crippen LogP contribution in [-0.2, 0) is 11.2 Å². The van der Waals surface area contributed by atoms with Crippen LogP contribution < -0.4 is 0 Å². The smallest absolute Gasteiger partial charge is 0.433 e. The van der Waals surface area contributed by atoms with Crippen LogP contribution in [0.15, 0.2) is 30.3 Å². The molecule has 0 aliphatic carbocycles. The number of nitrogens with zero attached hydrogens (tertiary/aromatic N) is 1. The summed E-state index contributed by atoms with van der Waals surface area (Å²) in [5, 5.41) is -0.839. The van der Waals surface area contributed by atoms with E-state index in [1.54, 1.807) is 37.3 Å². The van der Waals surface area contributed by atoms with Crippen LogP contribution >= 0.6 is 0 Å². The molecule has 0 N–H and O–H groups in total. The van der Waals surface area contributed by atoms with Gasteiger partial charge in [0.15, 0.2) is 0 Å². The van der Waals surface area contributed by atoms with Gasteiger partial charge >= 0.3 is 6.18 Å². The van der Waals surface area contributed by atoms with Crippen LogP contribution in [0.4, 0.5) is 13.2 Å². The Bertz CT molecular complexity index is 466. The van der Waals surface area contributed by atoms with E-state index in [0.29, 0.717) is 5.56 Å². The van der Waals surface area contributed by atoms with Crippen molar-refractivity contribution in [3.63, 3.8) is 0 Å². The Kier molecular flexibility index (Phi) is 3.78. The number of hydrogen-bond acceptors (Lipinski definition) is 2. The standard InChI is InChI=1S/C12H12F3NO2S/c1-8-11(19(18)7-12(13,14)15)16(8)10(17)9-5-3-2-4-6-9/h2-6,8,11H,7H2,1H3/t8-,11?,16?,19?/m1/s1. The van der Waals surface area contributed by atoms with E-state index in [1.165, 1.54) is 4.90 Å². The van der Waals surface area contributed by atoms with Gasteiger partial charge in [-0.25, -0.2) is 0 Å². The van der Waals surface area contributed by atoms with E-state index in [9.17, 15) is 22.5 Å². The Morgan fingerprint density at radius 3 is 2.47 bits per heavy atom. The highest BCUT2D eigenvalue weighted by Crippen LogP contribution is 2.36. The fourth-order valence-corrected chi connectivity index (χ4v) is 3.48. The van der Waals surface area contributed by atoms with Gasteiger partial charge in [-0.1, -0.05) is 18.2 Å². The molecule has 0 radical (unpaired) electrons. The van der Waals surface area contributed by atoms with Gasteiger partial charge in [-0.2, -0.15) is 13.2 Å². The maximum absolute atomic E-state index is 12.2. The van der Waals surface area contributed by atoms with Gasteiger partial charge in [0.1, 0.15) is 6.04 Å². The Labute approximate surface area is 111 Å². The summed E-state index contributed by atoms with van der Waals surface area (Å²) >= 11 is -2.10. The van der Waals surface area contributed by atoms with Gasteiger partial charge < -0.3 is 4.55 Å². The van der Waals surface area contributed by atoms with Crippen molar-refractivity contribution in [2.24, 2.45) is 0 Å². The van der Waals surface area contributed by atoms with Crippen molar-refractivity contribution >= 4 is 17.1 Å². The van der Waals surface area contributed by atoms with Crippen LogP contribution in [-0.4, -0.2) is 38.7 Å². The topological polar surface area (TPSA) is 43.1 Å². The minimum Gasteiger partial charge on any atom is -0.614 e. The number of rotatable bonds is 3. The summed E-state index contributed by atoms with van der Waals surface area (Å²) in [6.07, 6.45) is -4.48. The lowest BCUT2D eigenvalue weighted by molar-refractivity contribution is -0.106. The molecule has 0 saturated carbocycles. The average molecular weight is 291 g/mol. The summed E-state index contributed by atoms with van der Waals surface area (Å²) in [5.74, 6) is -1.76. The SMILES string of the molecule is C[C@@H]1C([S+]([O-])CC(F)(F)F)N1C(=O)c1ccccc1. The number of carbonyl (C=O) groups excluding carboxylic acids is 1. The quantitative estimate of drug-likeness (QED) is 0.633. The highest BCUT2D eigenvalue weighted by atomic mass is 32.2. The molecule has 104 valence electrons. The Balaban J connectivity index is 2.03. The molecule has 19 heavy (non-hydrogen) atoms. The monoisotopic (exact) mass is 291 g/mol. The molecule has 3 atom stereocenters. The molecule has 2 unspecified atom stereocenters. The number of hydrogen-bond donors (Lipinski definition) is 0. The molecule has 1 aliphatic rings. The molecule has 2 rings (SSSR count). The molecule has 1 aliphatic heterocycles. The van der Waals surface area contributed by atoms with Gasteiger partial charge in [0, 0.05) is 5.56 Å². The van der Waals surface area contributed by atoms with E-state index >= 15 is 0 Å². The van der Waals surface area contributed by atoms with Gasteiger partial charge in [-0.15, -0.1) is 0 Å². The first kappa shape index (κ1) is 14.2. The van der Waals surface area contributed by atoms with Crippen molar-refractivity contribution < 1.29 is 22.5 Å². The van der Waals surface area contributed by atoms with Crippen LogP contribution in [0.2, 0.25) is 0 Å². The van der Waals surface area contributed by atoms with E-state index in [-0.39, 0.29) is 5.91 Å². The van der Waals surface area contributed by atoms with E-state index < -0.39 is 34.5 Å². The van der Waals surface area contributed by atoms with Gasteiger partial charge in [-0.05, 0) is 30.2 Å². The van der Waals surface area contributed by atoms with E-state index in [2.05, 4.69) is 0 Å². The highest BCUT2D eigenvalue weighted by molar-refractivity contribution is 7.92. The van der Waals surface area contributed by atoms with Gasteiger partial charge in [0.25, 0.3) is 5.91 Å². The third-order valence-corrected chi connectivity index (χ3v) is 4.64. The molecule has 0 spiro atoms. The molecule has 0 bridgehead atoms. The number of halogens is 3. The second-order valence-corrected chi connectivity index (χ2v) is 5.88. The largest absolute Gasteiger partial charge is 0.614 e. The van der Waals surface area contributed by atoms with Crippen molar-refractivity contribution in [3.05, 3.63) is 35.9 Å². The van der Waals surface area contributed by atoms with Crippen LogP contribution in [0.25, 0.3) is 0 Å². The van der Waals surface area contributed by atoms with Gasteiger partial charge in [-0.3, -0.25) is 9.69 Å². The van der Waals surface area contributed by atoms with Crippen molar-refractivity contribution in [1.29, 1.82) is 0 Å². The lowest BCUT2D eigenvalue weighted by Gasteiger charge is -2.12. The molecule has 1 aromatic rings. The summed E-state index contributed by atoms with van der Waals surface area (Å²) in [4.78, 5) is 13.2. The molecule has 1 fully saturated rings. The molecule has 1 saturated heterocycles. The second kappa shape index (κ2) is 5.05. The Hall–Kier alpha value is -1.21. The third kappa shape index (κ3) is 3.22. The molecule has 1 amide bonds. The lowest BCUT2D eigenvalue weighted by atomic mass is 10.2. The zero-order valence-corrected chi connectivity index (χ0v) is 10.9. The Morgan fingerprint density at radius 2 is 1.95 bits per heavy atom. The number of benzene rings is 1. The normalized spacial score (nSPS) is 24.2. The first-order valence-electron chi connectivity index (χ1n) is 5.63. The van der Waals surface area contributed by atoms with Crippen molar-refractivity contribution in [2.45, 2.75) is 24.5 Å². The third-order valence-electron chi connectivity index (χ3n) is 2.87. The molecular formula is C12H12F3NO2S. The Morgan fingerprint density at radius 1 is 1.37 bits per heavy atom.